The van der Waals surface area contributed by atoms with Crippen molar-refractivity contribution in [3.63, 3.8) is 0 Å². The maximum absolute atomic E-state index is 12.1. The van der Waals surface area contributed by atoms with Crippen LogP contribution < -0.4 is 5.32 Å². The van der Waals surface area contributed by atoms with E-state index >= 15 is 0 Å². The summed E-state index contributed by atoms with van der Waals surface area (Å²) in [5.41, 5.74) is 0.761. The van der Waals surface area contributed by atoms with E-state index in [1.54, 1.807) is 0 Å². The van der Waals surface area contributed by atoms with Crippen LogP contribution in [0.5, 0.6) is 0 Å². The van der Waals surface area contributed by atoms with E-state index in [1.165, 1.54) is 0 Å². The van der Waals surface area contributed by atoms with Crippen LogP contribution in [-0.2, 0) is 9.59 Å². The smallest absolute Gasteiger partial charge is 0.235 e. The van der Waals surface area contributed by atoms with E-state index in [4.69, 9.17) is 0 Å². The van der Waals surface area contributed by atoms with Gasteiger partial charge in [-0.15, -0.1) is 0 Å². The summed E-state index contributed by atoms with van der Waals surface area (Å²) in [5.74, 6) is -1.08. The molecule has 3 heteroatoms. The Morgan fingerprint density at radius 1 is 1.18 bits per heavy atom. The summed E-state index contributed by atoms with van der Waals surface area (Å²) >= 11 is 0. The van der Waals surface area contributed by atoms with Crippen molar-refractivity contribution in [2.45, 2.75) is 26.7 Å². The molecule has 0 spiro atoms. The highest BCUT2D eigenvalue weighted by molar-refractivity contribution is 6.07. The molecular weight excluding hydrogens is 214 g/mol. The minimum atomic E-state index is -0.684. The Kier molecular flexibility index (Phi) is 4.88. The van der Waals surface area contributed by atoms with Crippen LogP contribution in [0, 0.1) is 5.92 Å². The predicted molar refractivity (Wildman–Crippen MR) is 67.7 cm³/mol. The van der Waals surface area contributed by atoms with Gasteiger partial charge >= 0.3 is 0 Å². The summed E-state index contributed by atoms with van der Waals surface area (Å²) in [7, 11) is 0. The van der Waals surface area contributed by atoms with Gasteiger partial charge in [-0.05, 0) is 12.5 Å². The molecule has 1 rings (SSSR count). The monoisotopic (exact) mass is 233 g/mol. The number of nitrogens with one attached hydrogen (secondary N) is 1. The number of amides is 1. The van der Waals surface area contributed by atoms with Crippen LogP contribution in [0.2, 0.25) is 0 Å². The van der Waals surface area contributed by atoms with Gasteiger partial charge < -0.3 is 5.32 Å². The molecule has 0 saturated carbocycles. The summed E-state index contributed by atoms with van der Waals surface area (Å²) in [6, 6.07) is 9.20. The highest BCUT2D eigenvalue weighted by Crippen LogP contribution is 2.20. The maximum atomic E-state index is 12.1. The van der Waals surface area contributed by atoms with Crippen LogP contribution in [0.25, 0.3) is 0 Å². The molecule has 1 aromatic carbocycles. The first-order valence-electron chi connectivity index (χ1n) is 5.94. The van der Waals surface area contributed by atoms with Crippen molar-refractivity contribution in [1.82, 2.24) is 5.32 Å². The van der Waals surface area contributed by atoms with E-state index in [0.29, 0.717) is 6.54 Å². The van der Waals surface area contributed by atoms with Crippen molar-refractivity contribution in [2.75, 3.05) is 6.54 Å². The number of likely N-dealkylation sites (N-methyl/N-ethyl adjacent to an activating group) is 1. The van der Waals surface area contributed by atoms with Crippen LogP contribution in [-0.4, -0.2) is 18.2 Å². The normalized spacial score (nSPS) is 12.2. The lowest BCUT2D eigenvalue weighted by Crippen LogP contribution is -2.35. The topological polar surface area (TPSA) is 46.2 Å². The number of rotatable bonds is 5. The van der Waals surface area contributed by atoms with Crippen LogP contribution in [0.15, 0.2) is 30.3 Å². The molecule has 0 radical (unpaired) electrons. The molecular formula is C14H19NO2. The van der Waals surface area contributed by atoms with Gasteiger partial charge in [-0.25, -0.2) is 0 Å². The first kappa shape index (κ1) is 13.4. The third kappa shape index (κ3) is 3.41. The lowest BCUT2D eigenvalue weighted by molar-refractivity contribution is -0.132. The van der Waals surface area contributed by atoms with E-state index in [2.05, 4.69) is 5.32 Å². The molecule has 0 fully saturated rings. The van der Waals surface area contributed by atoms with Gasteiger partial charge in [0.25, 0.3) is 0 Å². The Labute approximate surface area is 102 Å². The molecule has 1 unspecified atom stereocenters. The Morgan fingerprint density at radius 2 is 1.76 bits per heavy atom. The summed E-state index contributed by atoms with van der Waals surface area (Å²) in [4.78, 5) is 24.1. The molecule has 0 saturated heterocycles. The van der Waals surface area contributed by atoms with Crippen LogP contribution in [0.1, 0.15) is 32.3 Å². The molecule has 1 amide bonds. The van der Waals surface area contributed by atoms with Crippen molar-refractivity contribution in [3.8, 4) is 0 Å². The minimum Gasteiger partial charge on any atom is -0.355 e. The molecule has 0 aromatic heterocycles. The molecule has 1 aromatic rings. The van der Waals surface area contributed by atoms with Gasteiger partial charge in [-0.1, -0.05) is 44.2 Å². The van der Waals surface area contributed by atoms with Crippen molar-refractivity contribution in [1.29, 1.82) is 0 Å². The molecule has 0 bridgehead atoms. The van der Waals surface area contributed by atoms with E-state index in [-0.39, 0.29) is 17.6 Å². The van der Waals surface area contributed by atoms with Crippen molar-refractivity contribution >= 4 is 11.7 Å². The fourth-order valence-electron chi connectivity index (χ4n) is 1.70. The second-order valence-electron chi connectivity index (χ2n) is 4.30. The average molecular weight is 233 g/mol. The summed E-state index contributed by atoms with van der Waals surface area (Å²) < 4.78 is 0. The summed E-state index contributed by atoms with van der Waals surface area (Å²) in [5, 5.41) is 2.72. The van der Waals surface area contributed by atoms with Crippen LogP contribution >= 0.6 is 0 Å². The Balaban J connectivity index is 3.03. The molecule has 0 aliphatic carbocycles. The molecule has 17 heavy (non-hydrogen) atoms. The Morgan fingerprint density at radius 3 is 2.24 bits per heavy atom. The first-order chi connectivity index (χ1) is 8.07. The van der Waals surface area contributed by atoms with E-state index in [1.807, 2.05) is 51.1 Å². The Hall–Kier alpha value is -1.64. The van der Waals surface area contributed by atoms with Gasteiger partial charge in [0, 0.05) is 12.5 Å². The number of hydrogen-bond acceptors (Lipinski definition) is 2. The van der Waals surface area contributed by atoms with Crippen LogP contribution in [0.4, 0.5) is 0 Å². The number of hydrogen-bond donors (Lipinski definition) is 1. The van der Waals surface area contributed by atoms with E-state index in [9.17, 15) is 9.59 Å². The molecule has 3 nitrogen and oxygen atoms in total. The third-order valence-electron chi connectivity index (χ3n) is 2.60. The lowest BCUT2D eigenvalue weighted by atomic mass is 9.88. The lowest BCUT2D eigenvalue weighted by Gasteiger charge is -2.17. The molecule has 1 N–H and O–H groups in total. The number of ketones is 1. The largest absolute Gasteiger partial charge is 0.355 e. The van der Waals surface area contributed by atoms with Gasteiger partial charge in [0.1, 0.15) is 5.92 Å². The standard InChI is InChI=1S/C14H19NO2/c1-4-15-14(17)12(13(16)10(2)3)11-8-6-5-7-9-11/h5-10,12H,4H2,1-3H3,(H,15,17). The minimum absolute atomic E-state index is 0.0397. The zero-order valence-electron chi connectivity index (χ0n) is 10.6. The highest BCUT2D eigenvalue weighted by Gasteiger charge is 2.29. The van der Waals surface area contributed by atoms with E-state index < -0.39 is 5.92 Å². The van der Waals surface area contributed by atoms with Crippen LogP contribution in [0.3, 0.4) is 0 Å². The van der Waals surface area contributed by atoms with Gasteiger partial charge in [0.05, 0.1) is 0 Å². The molecule has 0 heterocycles. The van der Waals surface area contributed by atoms with Crippen molar-refractivity contribution in [2.24, 2.45) is 5.92 Å². The SMILES string of the molecule is CCNC(=O)C(C(=O)C(C)C)c1ccccc1. The second kappa shape index (κ2) is 6.18. The van der Waals surface area contributed by atoms with Gasteiger partial charge in [0.15, 0.2) is 5.78 Å². The van der Waals surface area contributed by atoms with Gasteiger partial charge in [-0.2, -0.15) is 0 Å². The Bertz CT molecular complexity index is 384. The van der Waals surface area contributed by atoms with Gasteiger partial charge in [-0.3, -0.25) is 9.59 Å². The second-order valence-corrected chi connectivity index (χ2v) is 4.30. The number of Topliss-reactive ketones (excluding diaryl/α,β-unsaturated/α-hetero) is 1. The van der Waals surface area contributed by atoms with Gasteiger partial charge in [0.2, 0.25) is 5.91 Å². The molecule has 0 aliphatic heterocycles. The number of carbonyl (C=O) groups excluding carboxylic acids is 2. The average Bonchev–Trinajstić information content (AvgIpc) is 2.31. The molecule has 92 valence electrons. The van der Waals surface area contributed by atoms with E-state index in [0.717, 1.165) is 5.56 Å². The third-order valence-corrected chi connectivity index (χ3v) is 2.60. The highest BCUT2D eigenvalue weighted by atomic mass is 16.2. The zero-order valence-corrected chi connectivity index (χ0v) is 10.6. The first-order valence-corrected chi connectivity index (χ1v) is 5.94. The summed E-state index contributed by atoms with van der Waals surface area (Å²) in [6.07, 6.45) is 0. The quantitative estimate of drug-likeness (QED) is 0.792. The molecule has 0 aliphatic rings. The predicted octanol–water partition coefficient (Wildman–Crippen LogP) is 2.13. The fourth-order valence-corrected chi connectivity index (χ4v) is 1.70. The number of carbonyl (C=O) groups is 2. The maximum Gasteiger partial charge on any atom is 0.235 e. The zero-order chi connectivity index (χ0) is 12.8. The fraction of sp³-hybridized carbons (Fsp3) is 0.429. The molecule has 1 atom stereocenters. The van der Waals surface area contributed by atoms with Crippen molar-refractivity contribution < 1.29 is 9.59 Å². The summed E-state index contributed by atoms with van der Waals surface area (Å²) in [6.45, 7) is 6.02. The number of benzene rings is 1. The van der Waals surface area contributed by atoms with Crippen molar-refractivity contribution in [3.05, 3.63) is 35.9 Å².